The van der Waals surface area contributed by atoms with Gasteiger partial charge in [0.25, 0.3) is 5.91 Å². The van der Waals surface area contributed by atoms with Crippen LogP contribution in [-0.4, -0.2) is 5.91 Å². The van der Waals surface area contributed by atoms with Gasteiger partial charge >= 0.3 is 0 Å². The number of anilines is 2. The third kappa shape index (κ3) is 2.69. The fourth-order valence-electron chi connectivity index (χ4n) is 2.56. The summed E-state index contributed by atoms with van der Waals surface area (Å²) in [6.45, 7) is 0. The Kier molecular flexibility index (Phi) is 3.98. The first-order chi connectivity index (χ1) is 9.65. The Hall–Kier alpha value is -1.08. The van der Waals surface area contributed by atoms with E-state index >= 15 is 0 Å². The average Bonchev–Trinajstić information content (AvgIpc) is 2.77. The van der Waals surface area contributed by atoms with E-state index in [9.17, 15) is 4.79 Å². The molecule has 5 heteroatoms. The number of thiophene rings is 1. The van der Waals surface area contributed by atoms with Gasteiger partial charge in [0.05, 0.1) is 10.6 Å². The van der Waals surface area contributed by atoms with Crippen molar-refractivity contribution in [1.29, 1.82) is 0 Å². The van der Waals surface area contributed by atoms with Crippen molar-refractivity contribution in [2.75, 3.05) is 11.1 Å². The summed E-state index contributed by atoms with van der Waals surface area (Å²) < 4.78 is 1.15. The van der Waals surface area contributed by atoms with E-state index in [1.807, 2.05) is 24.3 Å². The molecule has 1 amide bonds. The van der Waals surface area contributed by atoms with Crippen LogP contribution in [0.15, 0.2) is 24.3 Å². The van der Waals surface area contributed by atoms with Gasteiger partial charge in [-0.3, -0.25) is 4.79 Å². The lowest BCUT2D eigenvalue weighted by Gasteiger charge is -2.12. The molecule has 0 radical (unpaired) electrons. The lowest BCUT2D eigenvalue weighted by molar-refractivity contribution is 0.102. The number of nitrogens with two attached hydrogens (primary N) is 1. The maximum Gasteiger partial charge on any atom is 0.258 e. The highest BCUT2D eigenvalue weighted by Crippen LogP contribution is 2.36. The summed E-state index contributed by atoms with van der Waals surface area (Å²) in [5, 5.41) is 3.60. The smallest absolute Gasteiger partial charge is 0.258 e. The molecule has 0 aliphatic heterocycles. The Morgan fingerprint density at radius 1 is 1.20 bits per heavy atom. The van der Waals surface area contributed by atoms with Gasteiger partial charge in [-0.15, -0.1) is 11.3 Å². The van der Waals surface area contributed by atoms with Crippen molar-refractivity contribution in [3.8, 4) is 0 Å². The van der Waals surface area contributed by atoms with Crippen LogP contribution in [0, 0.1) is 3.57 Å². The number of carbonyl (C=O) groups is 1. The van der Waals surface area contributed by atoms with Crippen LogP contribution in [0.2, 0.25) is 0 Å². The Labute approximate surface area is 135 Å². The van der Waals surface area contributed by atoms with Crippen LogP contribution in [-0.2, 0) is 12.8 Å². The molecule has 1 heterocycles. The van der Waals surface area contributed by atoms with Gasteiger partial charge in [-0.25, -0.2) is 0 Å². The summed E-state index contributed by atoms with van der Waals surface area (Å²) in [5.41, 5.74) is 8.73. The molecule has 2 aromatic rings. The van der Waals surface area contributed by atoms with Crippen LogP contribution in [0.25, 0.3) is 0 Å². The Balaban J connectivity index is 1.87. The quantitative estimate of drug-likeness (QED) is 0.750. The highest BCUT2D eigenvalue weighted by molar-refractivity contribution is 14.1. The molecule has 3 nitrogen and oxygen atoms in total. The van der Waals surface area contributed by atoms with Gasteiger partial charge in [0.1, 0.15) is 0 Å². The summed E-state index contributed by atoms with van der Waals surface area (Å²) in [6.07, 6.45) is 4.37. The van der Waals surface area contributed by atoms with E-state index in [1.165, 1.54) is 16.9 Å². The second-order valence-corrected chi connectivity index (χ2v) is 7.29. The molecule has 3 rings (SSSR count). The van der Waals surface area contributed by atoms with Crippen molar-refractivity contribution in [3.05, 3.63) is 43.8 Å². The number of rotatable bonds is 2. The number of nitrogens with one attached hydrogen (secondary N) is 1. The lowest BCUT2D eigenvalue weighted by atomic mass is 9.95. The zero-order valence-electron chi connectivity index (χ0n) is 10.9. The van der Waals surface area contributed by atoms with Crippen LogP contribution in [0.3, 0.4) is 0 Å². The van der Waals surface area contributed by atoms with E-state index in [4.69, 9.17) is 5.73 Å². The monoisotopic (exact) mass is 398 g/mol. The minimum atomic E-state index is -0.0805. The van der Waals surface area contributed by atoms with E-state index < -0.39 is 0 Å². The van der Waals surface area contributed by atoms with Crippen molar-refractivity contribution >= 4 is 50.5 Å². The average molecular weight is 398 g/mol. The standard InChI is InChI=1S/C15H15IN2OS/c16-9-5-7-10(8-6-9)18-15(19)13-11-3-1-2-4-12(11)20-14(13)17/h5-8H,1-4,17H2,(H,18,19). The highest BCUT2D eigenvalue weighted by atomic mass is 127. The van der Waals surface area contributed by atoms with Crippen molar-refractivity contribution in [3.63, 3.8) is 0 Å². The van der Waals surface area contributed by atoms with Gasteiger partial charge in [-0.2, -0.15) is 0 Å². The molecule has 0 bridgehead atoms. The predicted molar refractivity (Wildman–Crippen MR) is 92.5 cm³/mol. The molecule has 0 spiro atoms. The molecule has 0 atom stereocenters. The normalized spacial score (nSPS) is 13.8. The maximum absolute atomic E-state index is 12.5. The molecule has 1 aliphatic rings. The van der Waals surface area contributed by atoms with Gasteiger partial charge in [0.2, 0.25) is 0 Å². The van der Waals surface area contributed by atoms with Crippen LogP contribution in [0.5, 0.6) is 0 Å². The minimum Gasteiger partial charge on any atom is -0.390 e. The number of carbonyl (C=O) groups excluding carboxylic acids is 1. The van der Waals surface area contributed by atoms with Crippen molar-refractivity contribution < 1.29 is 4.79 Å². The van der Waals surface area contributed by atoms with Crippen LogP contribution < -0.4 is 11.1 Å². The summed E-state index contributed by atoms with van der Waals surface area (Å²) in [6, 6.07) is 7.77. The Bertz CT molecular complexity index is 649. The Morgan fingerprint density at radius 2 is 1.90 bits per heavy atom. The van der Waals surface area contributed by atoms with Crippen LogP contribution >= 0.6 is 33.9 Å². The largest absolute Gasteiger partial charge is 0.390 e. The van der Waals surface area contributed by atoms with Gasteiger partial charge < -0.3 is 11.1 Å². The molecule has 3 N–H and O–H groups in total. The van der Waals surface area contributed by atoms with E-state index in [0.717, 1.165) is 28.5 Å². The second-order valence-electron chi connectivity index (χ2n) is 4.91. The van der Waals surface area contributed by atoms with E-state index in [-0.39, 0.29) is 5.91 Å². The molecule has 20 heavy (non-hydrogen) atoms. The maximum atomic E-state index is 12.5. The van der Waals surface area contributed by atoms with Gasteiger partial charge in [0.15, 0.2) is 0 Å². The number of nitrogen functional groups attached to an aromatic ring is 1. The lowest BCUT2D eigenvalue weighted by Crippen LogP contribution is -2.15. The second kappa shape index (κ2) is 5.73. The number of benzene rings is 1. The molecule has 1 aliphatic carbocycles. The zero-order chi connectivity index (χ0) is 14.1. The number of halogens is 1. The number of aryl methyl sites for hydroxylation is 1. The van der Waals surface area contributed by atoms with Gasteiger partial charge in [-0.05, 0) is 78.1 Å². The first-order valence-corrected chi connectivity index (χ1v) is 8.51. The zero-order valence-corrected chi connectivity index (χ0v) is 13.9. The highest BCUT2D eigenvalue weighted by Gasteiger charge is 2.23. The van der Waals surface area contributed by atoms with Crippen LogP contribution in [0.4, 0.5) is 10.7 Å². The fourth-order valence-corrected chi connectivity index (χ4v) is 4.08. The third-order valence-corrected chi connectivity index (χ3v) is 5.37. The van der Waals surface area contributed by atoms with Gasteiger partial charge in [0, 0.05) is 14.1 Å². The molecule has 1 aromatic heterocycles. The van der Waals surface area contributed by atoms with Crippen molar-refractivity contribution in [2.24, 2.45) is 0 Å². The molecule has 104 valence electrons. The molecule has 0 fully saturated rings. The Morgan fingerprint density at radius 3 is 2.65 bits per heavy atom. The molecular weight excluding hydrogens is 383 g/mol. The number of hydrogen-bond acceptors (Lipinski definition) is 3. The number of hydrogen-bond donors (Lipinski definition) is 2. The molecule has 0 unspecified atom stereocenters. The van der Waals surface area contributed by atoms with E-state index in [0.29, 0.717) is 10.6 Å². The topological polar surface area (TPSA) is 55.1 Å². The summed E-state index contributed by atoms with van der Waals surface area (Å²) in [5.74, 6) is -0.0805. The van der Waals surface area contributed by atoms with Crippen molar-refractivity contribution in [2.45, 2.75) is 25.7 Å². The fraction of sp³-hybridized carbons (Fsp3) is 0.267. The SMILES string of the molecule is Nc1sc2c(c1C(=O)Nc1ccc(I)cc1)CCCC2. The molecular formula is C15H15IN2OS. The summed E-state index contributed by atoms with van der Waals surface area (Å²) in [4.78, 5) is 13.8. The first kappa shape index (κ1) is 13.9. The van der Waals surface area contributed by atoms with E-state index in [2.05, 4.69) is 27.9 Å². The summed E-state index contributed by atoms with van der Waals surface area (Å²) >= 11 is 3.82. The predicted octanol–water partition coefficient (Wildman–Crippen LogP) is 4.07. The first-order valence-electron chi connectivity index (χ1n) is 6.62. The molecule has 0 saturated carbocycles. The summed E-state index contributed by atoms with van der Waals surface area (Å²) in [7, 11) is 0. The van der Waals surface area contributed by atoms with E-state index in [1.54, 1.807) is 11.3 Å². The van der Waals surface area contributed by atoms with Crippen LogP contribution in [0.1, 0.15) is 33.6 Å². The third-order valence-electron chi connectivity index (χ3n) is 3.53. The van der Waals surface area contributed by atoms with Crippen molar-refractivity contribution in [1.82, 2.24) is 0 Å². The van der Waals surface area contributed by atoms with Gasteiger partial charge in [-0.1, -0.05) is 0 Å². The molecule has 0 saturated heterocycles. The number of amides is 1. The molecule has 1 aromatic carbocycles. The number of fused-ring (bicyclic) bond motifs is 1. The minimum absolute atomic E-state index is 0.0805.